The van der Waals surface area contributed by atoms with E-state index in [0.29, 0.717) is 45.0 Å². The quantitative estimate of drug-likeness (QED) is 0.713. The third-order valence-electron chi connectivity index (χ3n) is 5.04. The van der Waals surface area contributed by atoms with Gasteiger partial charge in [-0.2, -0.15) is 0 Å². The van der Waals surface area contributed by atoms with Gasteiger partial charge in [-0.15, -0.1) is 0 Å². The van der Waals surface area contributed by atoms with Crippen LogP contribution in [-0.4, -0.2) is 87.0 Å². The smallest absolute Gasteiger partial charge is 0.254 e. The van der Waals surface area contributed by atoms with Crippen molar-refractivity contribution in [2.75, 3.05) is 52.6 Å². The number of amides is 2. The van der Waals surface area contributed by atoms with E-state index in [4.69, 9.17) is 4.74 Å². The second-order valence-electron chi connectivity index (χ2n) is 6.96. The standard InChI is InChI=1S/C18H25N3O5S/c1-19(2)27(24,25)13-17(22)20-7-9-21(10-8-20)18(23)16-5-3-4-14-12-26-11-6-15(14)16/h3-5H,6-13H2,1-2H3. The minimum absolute atomic E-state index is 0.0400. The van der Waals surface area contributed by atoms with Crippen molar-refractivity contribution in [2.45, 2.75) is 13.0 Å². The van der Waals surface area contributed by atoms with E-state index in [1.807, 2.05) is 18.2 Å². The number of carbonyl (C=O) groups excluding carboxylic acids is 2. The Morgan fingerprint density at radius 2 is 1.78 bits per heavy atom. The molecule has 9 heteroatoms. The number of piperazine rings is 1. The minimum Gasteiger partial charge on any atom is -0.376 e. The van der Waals surface area contributed by atoms with Gasteiger partial charge in [0.1, 0.15) is 5.75 Å². The van der Waals surface area contributed by atoms with Crippen LogP contribution in [0.25, 0.3) is 0 Å². The van der Waals surface area contributed by atoms with Crippen LogP contribution < -0.4 is 0 Å². The lowest BCUT2D eigenvalue weighted by atomic mass is 9.96. The van der Waals surface area contributed by atoms with Gasteiger partial charge in [-0.05, 0) is 23.6 Å². The van der Waals surface area contributed by atoms with E-state index in [2.05, 4.69) is 0 Å². The van der Waals surface area contributed by atoms with Crippen LogP contribution >= 0.6 is 0 Å². The molecule has 0 atom stereocenters. The molecule has 148 valence electrons. The number of benzene rings is 1. The zero-order valence-electron chi connectivity index (χ0n) is 15.7. The summed E-state index contributed by atoms with van der Waals surface area (Å²) in [5, 5.41) is 0. The van der Waals surface area contributed by atoms with Gasteiger partial charge >= 0.3 is 0 Å². The number of hydrogen-bond donors (Lipinski definition) is 0. The van der Waals surface area contributed by atoms with Gasteiger partial charge in [-0.3, -0.25) is 9.59 Å². The molecule has 0 radical (unpaired) electrons. The summed E-state index contributed by atoms with van der Waals surface area (Å²) in [5.74, 6) is -1.01. The van der Waals surface area contributed by atoms with E-state index in [9.17, 15) is 18.0 Å². The first-order chi connectivity index (χ1) is 12.8. The highest BCUT2D eigenvalue weighted by molar-refractivity contribution is 7.89. The summed E-state index contributed by atoms with van der Waals surface area (Å²) < 4.78 is 30.3. The summed E-state index contributed by atoms with van der Waals surface area (Å²) in [6.45, 7) is 2.61. The minimum atomic E-state index is -3.58. The average molecular weight is 395 g/mol. The first-order valence-electron chi connectivity index (χ1n) is 8.95. The van der Waals surface area contributed by atoms with Crippen molar-refractivity contribution in [3.8, 4) is 0 Å². The largest absolute Gasteiger partial charge is 0.376 e. The maximum Gasteiger partial charge on any atom is 0.254 e. The molecule has 0 aromatic heterocycles. The molecule has 0 unspecified atom stereocenters. The van der Waals surface area contributed by atoms with Crippen molar-refractivity contribution in [1.29, 1.82) is 0 Å². The Bertz CT molecular complexity index is 829. The van der Waals surface area contributed by atoms with Gasteiger partial charge in [0.15, 0.2) is 0 Å². The molecule has 1 aromatic rings. The molecule has 0 N–H and O–H groups in total. The molecule has 1 fully saturated rings. The number of fused-ring (bicyclic) bond motifs is 1. The molecule has 2 heterocycles. The summed E-state index contributed by atoms with van der Waals surface area (Å²) in [7, 11) is -0.765. The van der Waals surface area contributed by atoms with Gasteiger partial charge in [-0.25, -0.2) is 12.7 Å². The fourth-order valence-corrected chi connectivity index (χ4v) is 4.08. The summed E-state index contributed by atoms with van der Waals surface area (Å²) in [6.07, 6.45) is 0.720. The van der Waals surface area contributed by atoms with E-state index in [1.54, 1.807) is 4.90 Å². The fraction of sp³-hybridized carbons (Fsp3) is 0.556. The summed E-state index contributed by atoms with van der Waals surface area (Å²) in [5.41, 5.74) is 2.80. The maximum atomic E-state index is 12.9. The highest BCUT2D eigenvalue weighted by atomic mass is 32.2. The highest BCUT2D eigenvalue weighted by Gasteiger charge is 2.29. The molecule has 0 spiro atoms. The number of ether oxygens (including phenoxy) is 1. The summed E-state index contributed by atoms with van der Waals surface area (Å²) in [6, 6.07) is 5.69. The van der Waals surface area contributed by atoms with Gasteiger partial charge in [0, 0.05) is 45.8 Å². The molecule has 2 aliphatic rings. The molecular formula is C18H25N3O5S. The van der Waals surface area contributed by atoms with Gasteiger partial charge < -0.3 is 14.5 Å². The van der Waals surface area contributed by atoms with Crippen LogP contribution in [0.15, 0.2) is 18.2 Å². The molecule has 2 aliphatic heterocycles. The molecule has 2 amide bonds. The summed E-state index contributed by atoms with van der Waals surface area (Å²) >= 11 is 0. The van der Waals surface area contributed by atoms with E-state index < -0.39 is 21.7 Å². The predicted octanol–water partition coefficient (Wildman–Crippen LogP) is -0.0649. The van der Waals surface area contributed by atoms with Crippen molar-refractivity contribution < 1.29 is 22.7 Å². The lowest BCUT2D eigenvalue weighted by molar-refractivity contribution is -0.129. The Hall–Kier alpha value is -1.97. The average Bonchev–Trinajstić information content (AvgIpc) is 2.66. The lowest BCUT2D eigenvalue weighted by Gasteiger charge is -2.35. The number of hydrogen-bond acceptors (Lipinski definition) is 5. The molecular weight excluding hydrogens is 370 g/mol. The van der Waals surface area contributed by atoms with Crippen LogP contribution in [0.2, 0.25) is 0 Å². The first-order valence-corrected chi connectivity index (χ1v) is 10.6. The Morgan fingerprint density at radius 1 is 1.11 bits per heavy atom. The van der Waals surface area contributed by atoms with Crippen molar-refractivity contribution in [3.05, 3.63) is 34.9 Å². The zero-order chi connectivity index (χ0) is 19.6. The van der Waals surface area contributed by atoms with Crippen molar-refractivity contribution in [2.24, 2.45) is 0 Å². The Morgan fingerprint density at radius 3 is 2.44 bits per heavy atom. The topological polar surface area (TPSA) is 87.2 Å². The lowest BCUT2D eigenvalue weighted by Crippen LogP contribution is -2.52. The van der Waals surface area contributed by atoms with Crippen LogP contribution in [0.5, 0.6) is 0 Å². The number of carbonyl (C=O) groups is 2. The first kappa shape index (κ1) is 19.8. The molecule has 0 saturated carbocycles. The zero-order valence-corrected chi connectivity index (χ0v) is 16.5. The Balaban J connectivity index is 1.63. The second-order valence-corrected chi connectivity index (χ2v) is 9.14. The number of rotatable bonds is 4. The van der Waals surface area contributed by atoms with Crippen LogP contribution in [-0.2, 0) is 32.6 Å². The highest BCUT2D eigenvalue weighted by Crippen LogP contribution is 2.22. The van der Waals surface area contributed by atoms with Gasteiger partial charge in [0.2, 0.25) is 15.9 Å². The third kappa shape index (κ3) is 4.31. The normalized spacial score (nSPS) is 17.7. The van der Waals surface area contributed by atoms with Crippen molar-refractivity contribution >= 4 is 21.8 Å². The van der Waals surface area contributed by atoms with Crippen molar-refractivity contribution in [3.63, 3.8) is 0 Å². The van der Waals surface area contributed by atoms with Gasteiger partial charge in [-0.1, -0.05) is 12.1 Å². The van der Waals surface area contributed by atoms with E-state index >= 15 is 0 Å². The van der Waals surface area contributed by atoms with Crippen LogP contribution in [0.1, 0.15) is 21.5 Å². The van der Waals surface area contributed by atoms with Gasteiger partial charge in [0.05, 0.1) is 13.2 Å². The maximum absolute atomic E-state index is 12.9. The second kappa shape index (κ2) is 7.95. The van der Waals surface area contributed by atoms with Crippen LogP contribution in [0, 0.1) is 0 Å². The molecule has 3 rings (SSSR count). The molecule has 8 nitrogen and oxygen atoms in total. The number of sulfonamides is 1. The van der Waals surface area contributed by atoms with Crippen LogP contribution in [0.4, 0.5) is 0 Å². The summed E-state index contributed by atoms with van der Waals surface area (Å²) in [4.78, 5) is 28.4. The third-order valence-corrected chi connectivity index (χ3v) is 6.76. The SMILES string of the molecule is CN(C)S(=O)(=O)CC(=O)N1CCN(C(=O)c2cccc3c2CCOC3)CC1. The van der Waals surface area contributed by atoms with Gasteiger partial charge in [0.25, 0.3) is 5.91 Å². The predicted molar refractivity (Wildman–Crippen MR) is 99.8 cm³/mol. The number of nitrogens with zero attached hydrogens (tertiary/aromatic N) is 3. The van der Waals surface area contributed by atoms with E-state index in [1.165, 1.54) is 19.0 Å². The van der Waals surface area contributed by atoms with Crippen molar-refractivity contribution in [1.82, 2.24) is 14.1 Å². The van der Waals surface area contributed by atoms with E-state index in [0.717, 1.165) is 21.9 Å². The fourth-order valence-electron chi connectivity index (χ4n) is 3.33. The molecule has 1 saturated heterocycles. The Labute approximate surface area is 159 Å². The van der Waals surface area contributed by atoms with E-state index in [-0.39, 0.29) is 5.91 Å². The molecule has 0 bridgehead atoms. The molecule has 27 heavy (non-hydrogen) atoms. The monoisotopic (exact) mass is 395 g/mol. The Kier molecular flexibility index (Phi) is 5.83. The van der Waals surface area contributed by atoms with Crippen LogP contribution in [0.3, 0.4) is 0 Å². The molecule has 0 aliphatic carbocycles. The molecule has 1 aromatic carbocycles.